The molecule has 0 saturated carbocycles. The van der Waals surface area contributed by atoms with E-state index in [2.05, 4.69) is 21.2 Å². The summed E-state index contributed by atoms with van der Waals surface area (Å²) in [6.45, 7) is 3.19. The lowest BCUT2D eigenvalue weighted by Gasteiger charge is -2.10. The summed E-state index contributed by atoms with van der Waals surface area (Å²) in [4.78, 5) is 35.3. The minimum absolute atomic E-state index is 0.171. The molecule has 8 nitrogen and oxygen atoms in total. The molecule has 0 unspecified atom stereocenters. The maximum absolute atomic E-state index is 12.1. The van der Waals surface area contributed by atoms with E-state index in [1.54, 1.807) is 56.3 Å². The van der Waals surface area contributed by atoms with E-state index in [-0.39, 0.29) is 12.6 Å². The molecule has 0 saturated heterocycles. The van der Waals surface area contributed by atoms with E-state index in [9.17, 15) is 14.4 Å². The molecule has 2 rings (SSSR count). The van der Waals surface area contributed by atoms with Gasteiger partial charge >= 0.3 is 11.8 Å². The molecule has 10 heteroatoms. The van der Waals surface area contributed by atoms with E-state index >= 15 is 0 Å². The van der Waals surface area contributed by atoms with Crippen LogP contribution in [0.4, 0.5) is 5.69 Å². The van der Waals surface area contributed by atoms with Crippen molar-refractivity contribution in [3.05, 3.63) is 58.1 Å². The number of nitrogens with one attached hydrogen (secondary N) is 3. The fourth-order valence-electron chi connectivity index (χ4n) is 2.22. The number of para-hydroxylation sites is 1. The second-order valence-electron chi connectivity index (χ2n) is 6.36. The number of carbonyl (C=O) groups is 3. The number of nitrogens with zero attached hydrogens (tertiary/aromatic N) is 1. The van der Waals surface area contributed by atoms with Gasteiger partial charge in [-0.05, 0) is 44.2 Å². The number of ether oxygens (including phenoxy) is 1. The van der Waals surface area contributed by atoms with Crippen LogP contribution in [0.1, 0.15) is 19.4 Å². The average Bonchev–Trinajstić information content (AvgIpc) is 2.65. The number of benzene rings is 2. The van der Waals surface area contributed by atoms with Crippen LogP contribution in [0.3, 0.4) is 0 Å². The average molecular weight is 451 g/mol. The van der Waals surface area contributed by atoms with Crippen LogP contribution in [0.25, 0.3) is 0 Å². The second kappa shape index (κ2) is 11.2. The normalized spacial score (nSPS) is 10.7. The smallest absolute Gasteiger partial charge is 0.329 e. The Balaban J connectivity index is 1.94. The highest BCUT2D eigenvalue weighted by Crippen LogP contribution is 2.22. The third kappa shape index (κ3) is 7.73. The largest absolute Gasteiger partial charge is 0.483 e. The van der Waals surface area contributed by atoms with Crippen molar-refractivity contribution in [3.8, 4) is 5.75 Å². The van der Waals surface area contributed by atoms with Crippen LogP contribution in [0.2, 0.25) is 10.0 Å². The fourth-order valence-corrected chi connectivity index (χ4v) is 2.75. The Bertz CT molecular complexity index is 943. The van der Waals surface area contributed by atoms with E-state index in [4.69, 9.17) is 27.9 Å². The summed E-state index contributed by atoms with van der Waals surface area (Å²) in [7, 11) is 0. The highest BCUT2D eigenvalue weighted by Gasteiger charge is 2.13. The summed E-state index contributed by atoms with van der Waals surface area (Å²) in [5.74, 6) is -1.73. The number of halogens is 2. The molecule has 0 aliphatic rings. The molecule has 3 amide bonds. The van der Waals surface area contributed by atoms with Crippen molar-refractivity contribution in [2.45, 2.75) is 19.9 Å². The first-order valence-corrected chi connectivity index (χ1v) is 9.62. The molecular formula is C20H20Cl2N4O4. The first-order chi connectivity index (χ1) is 14.2. The Morgan fingerprint density at radius 2 is 1.73 bits per heavy atom. The zero-order valence-electron chi connectivity index (χ0n) is 16.2. The zero-order chi connectivity index (χ0) is 22.1. The minimum Gasteiger partial charge on any atom is -0.483 e. The summed E-state index contributed by atoms with van der Waals surface area (Å²) in [5.41, 5.74) is 3.07. The number of hydrazone groups is 1. The molecule has 0 aliphatic heterocycles. The molecule has 0 fully saturated rings. The van der Waals surface area contributed by atoms with Gasteiger partial charge in [-0.1, -0.05) is 35.3 Å². The fraction of sp³-hybridized carbons (Fsp3) is 0.200. The van der Waals surface area contributed by atoms with E-state index < -0.39 is 17.7 Å². The summed E-state index contributed by atoms with van der Waals surface area (Å²) in [6, 6.07) is 11.3. The highest BCUT2D eigenvalue weighted by molar-refractivity contribution is 6.35. The van der Waals surface area contributed by atoms with E-state index in [1.807, 2.05) is 0 Å². The van der Waals surface area contributed by atoms with Gasteiger partial charge in [-0.25, -0.2) is 5.43 Å². The van der Waals surface area contributed by atoms with Crippen molar-refractivity contribution >= 4 is 52.8 Å². The number of carbonyl (C=O) groups excluding carboxylic acids is 3. The lowest BCUT2D eigenvalue weighted by Crippen LogP contribution is -2.41. The Morgan fingerprint density at radius 1 is 1.07 bits per heavy atom. The summed E-state index contributed by atoms with van der Waals surface area (Å²) < 4.78 is 5.53. The van der Waals surface area contributed by atoms with Crippen molar-refractivity contribution in [2.75, 3.05) is 11.9 Å². The first kappa shape index (κ1) is 23.2. The molecule has 158 valence electrons. The van der Waals surface area contributed by atoms with Gasteiger partial charge in [-0.3, -0.25) is 14.4 Å². The maximum Gasteiger partial charge on any atom is 0.329 e. The third-order valence-electron chi connectivity index (χ3n) is 3.42. The number of hydrogen-bond acceptors (Lipinski definition) is 5. The maximum atomic E-state index is 12.1. The van der Waals surface area contributed by atoms with Gasteiger partial charge in [0.15, 0.2) is 6.61 Å². The van der Waals surface area contributed by atoms with Crippen molar-refractivity contribution < 1.29 is 19.1 Å². The standard InChI is InChI=1S/C20H20Cl2N4O4/c1-12(2)24-19(28)20(29)26-23-10-13-5-3-4-6-17(13)30-11-18(27)25-16-8-14(21)7-15(22)9-16/h3-10,12H,11H2,1-2H3,(H,24,28)(H,25,27)(H,26,29)/b23-10+. The Kier molecular flexibility index (Phi) is 8.64. The van der Waals surface area contributed by atoms with Crippen LogP contribution in [-0.2, 0) is 14.4 Å². The summed E-state index contributed by atoms with van der Waals surface area (Å²) >= 11 is 11.8. The van der Waals surface area contributed by atoms with Gasteiger partial charge in [0.25, 0.3) is 5.91 Å². The third-order valence-corrected chi connectivity index (χ3v) is 3.86. The highest BCUT2D eigenvalue weighted by atomic mass is 35.5. The van der Waals surface area contributed by atoms with E-state index in [1.165, 1.54) is 6.21 Å². The molecule has 0 aliphatic carbocycles. The van der Waals surface area contributed by atoms with Crippen LogP contribution in [0.15, 0.2) is 47.6 Å². The molecule has 2 aromatic rings. The van der Waals surface area contributed by atoms with Crippen LogP contribution >= 0.6 is 23.2 Å². The second-order valence-corrected chi connectivity index (χ2v) is 7.23. The molecule has 30 heavy (non-hydrogen) atoms. The van der Waals surface area contributed by atoms with Gasteiger partial charge in [-0.2, -0.15) is 5.10 Å². The Morgan fingerprint density at radius 3 is 2.40 bits per heavy atom. The van der Waals surface area contributed by atoms with Gasteiger partial charge in [-0.15, -0.1) is 0 Å². The zero-order valence-corrected chi connectivity index (χ0v) is 17.8. The van der Waals surface area contributed by atoms with Crippen LogP contribution in [0.5, 0.6) is 5.75 Å². The number of amides is 3. The van der Waals surface area contributed by atoms with Crippen LogP contribution in [-0.4, -0.2) is 36.6 Å². The molecule has 0 radical (unpaired) electrons. The Hall–Kier alpha value is -3.10. The van der Waals surface area contributed by atoms with Crippen molar-refractivity contribution in [2.24, 2.45) is 5.10 Å². The number of hydrogen-bond donors (Lipinski definition) is 3. The molecule has 0 heterocycles. The Labute approximate surface area is 183 Å². The summed E-state index contributed by atoms with van der Waals surface area (Å²) in [6.07, 6.45) is 1.31. The molecule has 0 aromatic heterocycles. The predicted molar refractivity (Wildman–Crippen MR) is 116 cm³/mol. The molecule has 0 atom stereocenters. The van der Waals surface area contributed by atoms with E-state index in [0.29, 0.717) is 27.0 Å². The lowest BCUT2D eigenvalue weighted by atomic mass is 10.2. The molecule has 0 spiro atoms. The SMILES string of the molecule is CC(C)NC(=O)C(=O)N/N=C/c1ccccc1OCC(=O)Nc1cc(Cl)cc(Cl)c1. The molecule has 0 bridgehead atoms. The minimum atomic E-state index is -0.891. The van der Waals surface area contributed by atoms with Gasteiger partial charge in [0.2, 0.25) is 0 Å². The first-order valence-electron chi connectivity index (χ1n) is 8.86. The number of anilines is 1. The van der Waals surface area contributed by atoms with Crippen LogP contribution in [0, 0.1) is 0 Å². The van der Waals surface area contributed by atoms with Crippen molar-refractivity contribution in [1.29, 1.82) is 0 Å². The molecular weight excluding hydrogens is 431 g/mol. The van der Waals surface area contributed by atoms with Gasteiger partial charge in [0, 0.05) is 27.3 Å². The lowest BCUT2D eigenvalue weighted by molar-refractivity contribution is -0.139. The molecule has 3 N–H and O–H groups in total. The van der Waals surface area contributed by atoms with Gasteiger partial charge in [0.1, 0.15) is 5.75 Å². The topological polar surface area (TPSA) is 109 Å². The predicted octanol–water partition coefficient (Wildman–Crippen LogP) is 2.99. The van der Waals surface area contributed by atoms with Crippen molar-refractivity contribution in [1.82, 2.24) is 10.7 Å². The van der Waals surface area contributed by atoms with Crippen LogP contribution < -0.4 is 20.8 Å². The number of rotatable bonds is 7. The van der Waals surface area contributed by atoms with E-state index in [0.717, 1.165) is 0 Å². The quantitative estimate of drug-likeness (QED) is 0.342. The monoisotopic (exact) mass is 450 g/mol. The van der Waals surface area contributed by atoms with Gasteiger partial charge < -0.3 is 15.4 Å². The molecule has 2 aromatic carbocycles. The summed E-state index contributed by atoms with van der Waals surface area (Å²) in [5, 5.41) is 9.62. The van der Waals surface area contributed by atoms with Crippen molar-refractivity contribution in [3.63, 3.8) is 0 Å². The van der Waals surface area contributed by atoms with Gasteiger partial charge in [0.05, 0.1) is 6.21 Å².